The predicted octanol–water partition coefficient (Wildman–Crippen LogP) is 2.22. The molecule has 13 heavy (non-hydrogen) atoms. The fourth-order valence-corrected chi connectivity index (χ4v) is 0.719. The Labute approximate surface area is 69.1 Å². The first-order valence-electron chi connectivity index (χ1n) is 2.95. The van der Waals surface area contributed by atoms with E-state index in [1.807, 2.05) is 5.18 Å². The summed E-state index contributed by atoms with van der Waals surface area (Å²) in [6.07, 6.45) is 0. The molecule has 7 heteroatoms. The van der Waals surface area contributed by atoms with Gasteiger partial charge in [-0.05, 0) is 5.18 Å². The number of halogens is 4. The van der Waals surface area contributed by atoms with Gasteiger partial charge in [-0.25, -0.2) is 17.6 Å². The van der Waals surface area contributed by atoms with Crippen molar-refractivity contribution in [3.63, 3.8) is 0 Å². The van der Waals surface area contributed by atoms with Gasteiger partial charge in [-0.1, -0.05) is 0 Å². The van der Waals surface area contributed by atoms with Crippen LogP contribution in [0, 0.1) is 28.2 Å². The molecule has 0 atom stereocenters. The molecule has 0 radical (unpaired) electrons. The Balaban J connectivity index is 3.66. The van der Waals surface area contributed by atoms with Crippen LogP contribution in [0.2, 0.25) is 0 Å². The van der Waals surface area contributed by atoms with E-state index in [0.717, 1.165) is 0 Å². The van der Waals surface area contributed by atoms with Crippen molar-refractivity contribution in [2.75, 3.05) is 5.73 Å². The number of anilines is 1. The SMILES string of the molecule is Nc1c(F)c(F)c(F)c(N=O)c1F. The molecule has 0 aliphatic rings. The smallest absolute Gasteiger partial charge is 0.199 e. The molecule has 1 aromatic rings. The average Bonchev–Trinajstić information content (AvgIpc) is 2.13. The van der Waals surface area contributed by atoms with Crippen LogP contribution in [0.15, 0.2) is 5.18 Å². The second kappa shape index (κ2) is 3.00. The molecule has 3 nitrogen and oxygen atoms in total. The Morgan fingerprint density at radius 3 is 1.92 bits per heavy atom. The van der Waals surface area contributed by atoms with Crippen LogP contribution in [-0.2, 0) is 0 Å². The van der Waals surface area contributed by atoms with E-state index in [4.69, 9.17) is 0 Å². The molecule has 0 spiro atoms. The summed E-state index contributed by atoms with van der Waals surface area (Å²) >= 11 is 0. The van der Waals surface area contributed by atoms with Gasteiger partial charge >= 0.3 is 0 Å². The van der Waals surface area contributed by atoms with Crippen LogP contribution >= 0.6 is 0 Å². The molecule has 0 saturated heterocycles. The number of nitrogens with zero attached hydrogens (tertiary/aromatic N) is 1. The summed E-state index contributed by atoms with van der Waals surface area (Å²) in [5.74, 6) is -7.58. The number of hydrogen-bond acceptors (Lipinski definition) is 3. The summed E-state index contributed by atoms with van der Waals surface area (Å²) in [4.78, 5) is 9.79. The van der Waals surface area contributed by atoms with E-state index in [1.165, 1.54) is 0 Å². The third-order valence-corrected chi connectivity index (χ3v) is 1.37. The molecule has 2 N–H and O–H groups in total. The Morgan fingerprint density at radius 1 is 0.923 bits per heavy atom. The van der Waals surface area contributed by atoms with Crippen LogP contribution in [-0.4, -0.2) is 0 Å². The van der Waals surface area contributed by atoms with Gasteiger partial charge in [-0.2, -0.15) is 0 Å². The zero-order valence-corrected chi connectivity index (χ0v) is 5.94. The minimum absolute atomic E-state index is 1.27. The lowest BCUT2D eigenvalue weighted by Gasteiger charge is -2.02. The van der Waals surface area contributed by atoms with Crippen molar-refractivity contribution >= 4 is 11.4 Å². The van der Waals surface area contributed by atoms with Crippen molar-refractivity contribution in [2.45, 2.75) is 0 Å². The van der Waals surface area contributed by atoms with Crippen molar-refractivity contribution in [1.82, 2.24) is 0 Å². The standard InChI is InChI=1S/C6H2F4N2O/c7-1-2(8)5(11)4(10)6(12-13)3(1)9/h11H2. The Bertz CT molecular complexity index is 350. The zero-order chi connectivity index (χ0) is 10.2. The highest BCUT2D eigenvalue weighted by atomic mass is 19.2. The maximum atomic E-state index is 12.6. The lowest BCUT2D eigenvalue weighted by molar-refractivity contribution is 0.440. The van der Waals surface area contributed by atoms with Gasteiger partial charge in [-0.15, -0.1) is 4.91 Å². The first-order valence-corrected chi connectivity index (χ1v) is 2.95. The van der Waals surface area contributed by atoms with Crippen LogP contribution in [0.25, 0.3) is 0 Å². The lowest BCUT2D eigenvalue weighted by Crippen LogP contribution is -2.02. The molecule has 0 saturated carbocycles. The van der Waals surface area contributed by atoms with Gasteiger partial charge in [-0.3, -0.25) is 0 Å². The van der Waals surface area contributed by atoms with E-state index >= 15 is 0 Å². The van der Waals surface area contributed by atoms with Crippen LogP contribution in [0.3, 0.4) is 0 Å². The Kier molecular flexibility index (Phi) is 2.18. The molecule has 70 valence electrons. The Hall–Kier alpha value is -1.66. The van der Waals surface area contributed by atoms with E-state index in [-0.39, 0.29) is 0 Å². The highest BCUT2D eigenvalue weighted by molar-refractivity contribution is 5.55. The summed E-state index contributed by atoms with van der Waals surface area (Å²) in [6.45, 7) is 0. The zero-order valence-electron chi connectivity index (χ0n) is 5.94. The van der Waals surface area contributed by atoms with Gasteiger partial charge in [0.2, 0.25) is 0 Å². The molecule has 0 fully saturated rings. The number of nitrogen functional groups attached to an aromatic ring is 1. The molecule has 0 heterocycles. The molecule has 0 aliphatic heterocycles. The highest BCUT2D eigenvalue weighted by Crippen LogP contribution is 2.31. The molecule has 0 unspecified atom stereocenters. The van der Waals surface area contributed by atoms with Gasteiger partial charge in [0.05, 0.1) is 0 Å². The Morgan fingerprint density at radius 2 is 1.46 bits per heavy atom. The molecule has 0 amide bonds. The molecule has 1 rings (SSSR count). The van der Waals surface area contributed by atoms with Crippen molar-refractivity contribution in [2.24, 2.45) is 5.18 Å². The fraction of sp³-hybridized carbons (Fsp3) is 0. The van der Waals surface area contributed by atoms with Crippen LogP contribution in [0.5, 0.6) is 0 Å². The van der Waals surface area contributed by atoms with Gasteiger partial charge < -0.3 is 5.73 Å². The minimum Gasteiger partial charge on any atom is -0.394 e. The fourth-order valence-electron chi connectivity index (χ4n) is 0.719. The molecular formula is C6H2F4N2O. The molecule has 0 bridgehead atoms. The largest absolute Gasteiger partial charge is 0.394 e. The first-order chi connectivity index (χ1) is 6.00. The van der Waals surface area contributed by atoms with E-state index in [0.29, 0.717) is 0 Å². The maximum Gasteiger partial charge on any atom is 0.199 e. The molecule has 1 aromatic carbocycles. The monoisotopic (exact) mass is 194 g/mol. The summed E-state index contributed by atoms with van der Waals surface area (Å²) in [7, 11) is 0. The van der Waals surface area contributed by atoms with Crippen molar-refractivity contribution in [3.05, 3.63) is 28.2 Å². The third kappa shape index (κ3) is 1.21. The number of benzene rings is 1. The topological polar surface area (TPSA) is 55.4 Å². The summed E-state index contributed by atoms with van der Waals surface area (Å²) in [6, 6.07) is 0. The van der Waals surface area contributed by atoms with Gasteiger partial charge in [0.15, 0.2) is 29.0 Å². The number of nitrogens with two attached hydrogens (primary N) is 1. The minimum atomic E-state index is -2.02. The van der Waals surface area contributed by atoms with E-state index < -0.39 is 34.6 Å². The first kappa shape index (κ1) is 9.43. The highest BCUT2D eigenvalue weighted by Gasteiger charge is 2.24. The molecule has 0 aromatic heterocycles. The number of hydrogen-bond donors (Lipinski definition) is 1. The third-order valence-electron chi connectivity index (χ3n) is 1.37. The van der Waals surface area contributed by atoms with Gasteiger partial charge in [0.25, 0.3) is 0 Å². The summed E-state index contributed by atoms with van der Waals surface area (Å²) in [5, 5.41) is 1.85. The molecular weight excluding hydrogens is 192 g/mol. The van der Waals surface area contributed by atoms with Crippen molar-refractivity contribution < 1.29 is 17.6 Å². The maximum absolute atomic E-state index is 12.6. The second-order valence-corrected chi connectivity index (χ2v) is 2.11. The lowest BCUT2D eigenvalue weighted by atomic mass is 10.2. The average molecular weight is 194 g/mol. The predicted molar refractivity (Wildman–Crippen MR) is 36.1 cm³/mol. The number of rotatable bonds is 1. The normalized spacial score (nSPS) is 10.2. The quantitative estimate of drug-likeness (QED) is 0.245. The van der Waals surface area contributed by atoms with Crippen molar-refractivity contribution in [1.29, 1.82) is 0 Å². The second-order valence-electron chi connectivity index (χ2n) is 2.11. The summed E-state index contributed by atoms with van der Waals surface area (Å²) < 4.78 is 50.0. The molecule has 0 aliphatic carbocycles. The summed E-state index contributed by atoms with van der Waals surface area (Å²) in [5.41, 5.74) is 1.94. The van der Waals surface area contributed by atoms with Crippen molar-refractivity contribution in [3.8, 4) is 0 Å². The van der Waals surface area contributed by atoms with Crippen LogP contribution in [0.1, 0.15) is 0 Å². The van der Waals surface area contributed by atoms with Crippen LogP contribution < -0.4 is 5.73 Å². The van der Waals surface area contributed by atoms with E-state index in [2.05, 4.69) is 5.73 Å². The number of nitroso groups, excluding NO2 is 1. The van der Waals surface area contributed by atoms with Gasteiger partial charge in [0.1, 0.15) is 5.69 Å². The van der Waals surface area contributed by atoms with E-state index in [1.54, 1.807) is 0 Å². The van der Waals surface area contributed by atoms with Gasteiger partial charge in [0, 0.05) is 0 Å². The van der Waals surface area contributed by atoms with Crippen LogP contribution in [0.4, 0.5) is 28.9 Å². The van der Waals surface area contributed by atoms with E-state index in [9.17, 15) is 22.5 Å².